The summed E-state index contributed by atoms with van der Waals surface area (Å²) in [4.78, 5) is 0. The Balaban J connectivity index is 1.80. The Hall–Kier alpha value is -0.330. The number of hydrogen-bond acceptors (Lipinski definition) is 18. The molecule has 18 heteroatoms. The Morgan fingerprint density at radius 2 is 1.02 bits per heavy atom. The quantitative estimate of drug-likeness (QED) is 0.0804. The van der Waals surface area contributed by atoms with Crippen LogP contribution < -0.4 is 5.73 Å². The lowest BCUT2D eigenvalue weighted by Gasteiger charge is -2.48. The molecule has 0 aliphatic carbocycles. The molecule has 6 unspecified atom stereocenters. The van der Waals surface area contributed by atoms with E-state index in [2.05, 4.69) is 0 Å². The van der Waals surface area contributed by atoms with Gasteiger partial charge in [0, 0.05) is 12.3 Å². The second-order valence-corrected chi connectivity index (χ2v) is 11.2. The zero-order valence-electron chi connectivity index (χ0n) is 22.2. The molecule has 0 aromatic heterocycles. The molecule has 3 aliphatic rings. The van der Waals surface area contributed by atoms with E-state index in [9.17, 15) is 51.1 Å². The fourth-order valence-electron chi connectivity index (χ4n) is 4.68. The van der Waals surface area contributed by atoms with Gasteiger partial charge < -0.3 is 85.2 Å². The largest absolute Gasteiger partial charge is 0.394 e. The molecular formula is C23H43NO16S. The van der Waals surface area contributed by atoms with Crippen molar-refractivity contribution in [1.29, 1.82) is 0 Å². The lowest BCUT2D eigenvalue weighted by Crippen LogP contribution is -2.67. The molecule has 0 spiro atoms. The highest BCUT2D eigenvalue weighted by molar-refractivity contribution is 7.99. The first kappa shape index (κ1) is 35.2. The summed E-state index contributed by atoms with van der Waals surface area (Å²) in [6, 6.07) is 0. The first-order valence-corrected chi connectivity index (χ1v) is 14.5. The second-order valence-electron chi connectivity index (χ2n) is 9.94. The Morgan fingerprint density at radius 1 is 0.561 bits per heavy atom. The van der Waals surface area contributed by atoms with Crippen molar-refractivity contribution in [3.63, 3.8) is 0 Å². The fourth-order valence-corrected chi connectivity index (χ4v) is 5.37. The van der Waals surface area contributed by atoms with Crippen LogP contribution in [-0.2, 0) is 28.4 Å². The van der Waals surface area contributed by atoms with Crippen LogP contribution in [0.5, 0.6) is 0 Å². The van der Waals surface area contributed by atoms with Crippen molar-refractivity contribution in [3.8, 4) is 0 Å². The molecule has 41 heavy (non-hydrogen) atoms. The van der Waals surface area contributed by atoms with Gasteiger partial charge in [0.05, 0.1) is 26.4 Å². The van der Waals surface area contributed by atoms with Crippen molar-refractivity contribution in [2.75, 3.05) is 44.5 Å². The van der Waals surface area contributed by atoms with Gasteiger partial charge in [0.25, 0.3) is 0 Å². The summed E-state index contributed by atoms with van der Waals surface area (Å²) in [5.74, 6) is 1.45. The molecule has 0 aromatic rings. The molecule has 3 heterocycles. The molecule has 0 radical (unpaired) electrons. The molecule has 3 rings (SSSR count). The molecule has 242 valence electrons. The third-order valence-electron chi connectivity index (χ3n) is 7.06. The van der Waals surface area contributed by atoms with Gasteiger partial charge in [-0.15, -0.1) is 0 Å². The van der Waals surface area contributed by atoms with E-state index in [0.29, 0.717) is 18.7 Å². The maximum absolute atomic E-state index is 10.9. The maximum atomic E-state index is 10.9. The molecule has 17 nitrogen and oxygen atoms in total. The van der Waals surface area contributed by atoms with Crippen LogP contribution in [0.4, 0.5) is 0 Å². The molecule has 0 saturated carbocycles. The van der Waals surface area contributed by atoms with Gasteiger partial charge in [-0.25, -0.2) is 0 Å². The molecule has 0 aromatic carbocycles. The van der Waals surface area contributed by atoms with Crippen LogP contribution in [0.3, 0.4) is 0 Å². The summed E-state index contributed by atoms with van der Waals surface area (Å²) < 4.78 is 33.8. The minimum absolute atomic E-state index is 0.125. The van der Waals surface area contributed by atoms with E-state index >= 15 is 0 Å². The zero-order valence-corrected chi connectivity index (χ0v) is 23.0. The monoisotopic (exact) mass is 621 g/mol. The van der Waals surface area contributed by atoms with E-state index < -0.39 is 112 Å². The molecule has 3 aliphatic heterocycles. The summed E-state index contributed by atoms with van der Waals surface area (Å²) in [6.07, 6.45) is -23.9. The lowest BCUT2D eigenvalue weighted by atomic mass is 9.96. The Morgan fingerprint density at radius 3 is 1.56 bits per heavy atom. The standard InChI is InChI=1S/C23H43NO16S/c24-2-5-41-4-1-3-35-22-19(16(32)13(29)10(7-26)37-22)40-23-20(17(33)14(30)11(8-27)38-23)39-21-18(34)15(31)12(28)9(6-25)36-21/h9-23,25-34H,1-8,24H2/t9?,10?,11?,12-,13-,14-,15-,16-,17-,18?,19?,20?,21-,22+,23-/m0/s1. The van der Waals surface area contributed by atoms with E-state index in [1.807, 2.05) is 0 Å². The van der Waals surface area contributed by atoms with Gasteiger partial charge in [-0.05, 0) is 12.2 Å². The number of aliphatic hydroxyl groups is 10. The number of aliphatic hydroxyl groups excluding tert-OH is 10. The highest BCUT2D eigenvalue weighted by Crippen LogP contribution is 2.33. The van der Waals surface area contributed by atoms with Gasteiger partial charge in [-0.2, -0.15) is 11.8 Å². The molecule has 12 N–H and O–H groups in total. The average molecular weight is 622 g/mol. The minimum atomic E-state index is -1.88. The van der Waals surface area contributed by atoms with Crippen LogP contribution in [0.15, 0.2) is 0 Å². The van der Waals surface area contributed by atoms with E-state index in [1.165, 1.54) is 0 Å². The Kier molecular flexibility index (Phi) is 14.3. The second kappa shape index (κ2) is 16.7. The van der Waals surface area contributed by atoms with Crippen molar-refractivity contribution in [2.24, 2.45) is 5.73 Å². The van der Waals surface area contributed by atoms with Gasteiger partial charge in [0.15, 0.2) is 18.9 Å². The van der Waals surface area contributed by atoms with Crippen LogP contribution in [0.2, 0.25) is 0 Å². The summed E-state index contributed by atoms with van der Waals surface area (Å²) in [5.41, 5.74) is 5.48. The topological polar surface area (TPSA) is 284 Å². The van der Waals surface area contributed by atoms with Crippen LogP contribution in [-0.4, -0.2) is 188 Å². The molecular weight excluding hydrogens is 578 g/mol. The van der Waals surface area contributed by atoms with Gasteiger partial charge >= 0.3 is 0 Å². The van der Waals surface area contributed by atoms with Crippen LogP contribution in [0.1, 0.15) is 6.42 Å². The predicted molar refractivity (Wildman–Crippen MR) is 136 cm³/mol. The predicted octanol–water partition coefficient (Wildman–Crippen LogP) is -6.47. The highest BCUT2D eigenvalue weighted by Gasteiger charge is 2.54. The van der Waals surface area contributed by atoms with Crippen molar-refractivity contribution in [2.45, 2.75) is 98.5 Å². The van der Waals surface area contributed by atoms with E-state index in [4.69, 9.17) is 34.2 Å². The number of nitrogens with two attached hydrogens (primary N) is 1. The molecule has 0 bridgehead atoms. The maximum Gasteiger partial charge on any atom is 0.187 e. The summed E-state index contributed by atoms with van der Waals surface area (Å²) in [5, 5.41) is 102. The summed E-state index contributed by atoms with van der Waals surface area (Å²) in [6.45, 7) is -1.55. The van der Waals surface area contributed by atoms with Crippen molar-refractivity contribution in [1.82, 2.24) is 0 Å². The normalized spacial score (nSPS) is 45.6. The Bertz CT molecular complexity index is 758. The van der Waals surface area contributed by atoms with Gasteiger partial charge in [0.1, 0.15) is 73.2 Å². The lowest BCUT2D eigenvalue weighted by molar-refractivity contribution is -0.393. The third kappa shape index (κ3) is 8.44. The first-order chi connectivity index (χ1) is 19.6. The zero-order chi connectivity index (χ0) is 30.3. The van der Waals surface area contributed by atoms with E-state index in [0.717, 1.165) is 5.75 Å². The van der Waals surface area contributed by atoms with Crippen molar-refractivity contribution in [3.05, 3.63) is 0 Å². The fraction of sp³-hybridized carbons (Fsp3) is 1.00. The van der Waals surface area contributed by atoms with E-state index in [-0.39, 0.29) is 6.61 Å². The van der Waals surface area contributed by atoms with Crippen LogP contribution >= 0.6 is 11.8 Å². The molecule has 3 saturated heterocycles. The molecule has 3 fully saturated rings. The third-order valence-corrected chi connectivity index (χ3v) is 8.16. The SMILES string of the molecule is NCCSCCCO[C@@H]1OC(CO)[C@H](O)[C@H](O)C1O[C@@H]1OC(CO)[C@H](O)[C@H](O)C1O[C@@H]1OC(CO)[C@H](O)[C@H](O)C1O. The minimum Gasteiger partial charge on any atom is -0.394 e. The summed E-state index contributed by atoms with van der Waals surface area (Å²) >= 11 is 1.60. The van der Waals surface area contributed by atoms with Gasteiger partial charge in [-0.1, -0.05) is 0 Å². The van der Waals surface area contributed by atoms with Crippen LogP contribution in [0.25, 0.3) is 0 Å². The van der Waals surface area contributed by atoms with Gasteiger partial charge in [0.2, 0.25) is 0 Å². The highest BCUT2D eigenvalue weighted by atomic mass is 32.2. The number of hydrogen-bond donors (Lipinski definition) is 11. The smallest absolute Gasteiger partial charge is 0.187 e. The van der Waals surface area contributed by atoms with Crippen molar-refractivity contribution < 1.29 is 79.5 Å². The number of ether oxygens (including phenoxy) is 6. The number of thioether (sulfide) groups is 1. The summed E-state index contributed by atoms with van der Waals surface area (Å²) in [7, 11) is 0. The molecule has 15 atom stereocenters. The van der Waals surface area contributed by atoms with E-state index in [1.54, 1.807) is 11.8 Å². The molecule has 0 amide bonds. The Labute approximate surface area is 240 Å². The average Bonchev–Trinajstić information content (AvgIpc) is 2.97. The first-order valence-electron chi connectivity index (χ1n) is 13.3. The van der Waals surface area contributed by atoms with Gasteiger partial charge in [-0.3, -0.25) is 0 Å². The number of rotatable bonds is 14. The van der Waals surface area contributed by atoms with Crippen LogP contribution in [0, 0.1) is 0 Å². The van der Waals surface area contributed by atoms with Crippen molar-refractivity contribution >= 4 is 11.8 Å².